The van der Waals surface area contributed by atoms with Gasteiger partial charge in [-0.25, -0.2) is 22.8 Å². The third-order valence-corrected chi connectivity index (χ3v) is 11.8. The summed E-state index contributed by atoms with van der Waals surface area (Å²) in [6, 6.07) is 2.65. The molecule has 0 saturated carbocycles. The second-order valence-corrected chi connectivity index (χ2v) is 16.1. The predicted molar refractivity (Wildman–Crippen MR) is 211 cm³/mol. The first-order chi connectivity index (χ1) is 29.0. The fourth-order valence-electron chi connectivity index (χ4n) is 7.80. The van der Waals surface area contributed by atoms with Crippen molar-refractivity contribution >= 4 is 35.3 Å². The van der Waals surface area contributed by atoms with E-state index in [0.717, 1.165) is 27.2 Å². The quantitative estimate of drug-likeness (QED) is 0.184. The molecule has 2 aromatic heterocycles. The number of ketones is 1. The second-order valence-electron chi connectivity index (χ2n) is 16.1. The number of hydrogen-bond acceptors (Lipinski definition) is 18. The van der Waals surface area contributed by atoms with Crippen LogP contribution in [-0.2, 0) is 42.9 Å². The van der Waals surface area contributed by atoms with E-state index in [-0.39, 0.29) is 36.7 Å². The molecule has 63 heavy (non-hydrogen) atoms. The van der Waals surface area contributed by atoms with E-state index in [2.05, 4.69) is 9.97 Å². The molecule has 6 heterocycles. The zero-order valence-electron chi connectivity index (χ0n) is 36.1. The van der Waals surface area contributed by atoms with Crippen molar-refractivity contribution in [2.24, 2.45) is 11.8 Å². The number of halogens is 3. The molecule has 6 rings (SSSR count). The Morgan fingerprint density at radius 2 is 1.21 bits per heavy atom. The molecule has 3 saturated heterocycles. The van der Waals surface area contributed by atoms with Crippen molar-refractivity contribution in [3.05, 3.63) is 57.8 Å². The van der Waals surface area contributed by atoms with Gasteiger partial charge in [0.25, 0.3) is 5.85 Å². The summed E-state index contributed by atoms with van der Waals surface area (Å²) in [4.78, 5) is 78.1. The van der Waals surface area contributed by atoms with Gasteiger partial charge in [-0.1, -0.05) is 27.7 Å². The van der Waals surface area contributed by atoms with Gasteiger partial charge in [0.05, 0.1) is 18.3 Å². The highest BCUT2D eigenvalue weighted by Crippen LogP contribution is 2.53. The van der Waals surface area contributed by atoms with Crippen LogP contribution in [0.5, 0.6) is 0 Å². The van der Waals surface area contributed by atoms with Crippen LogP contribution in [-0.4, -0.2) is 116 Å². The van der Waals surface area contributed by atoms with E-state index in [9.17, 15) is 52.2 Å². The Kier molecular flexibility index (Phi) is 14.5. The monoisotopic (exact) mass is 901 g/mol. The number of aliphatic hydroxyl groups excluding tert-OH is 2. The van der Waals surface area contributed by atoms with Gasteiger partial charge in [0, 0.05) is 45.3 Å². The molecular weight excluding hydrogens is 847 g/mol. The van der Waals surface area contributed by atoms with Crippen molar-refractivity contribution < 1.29 is 71.4 Å². The molecule has 21 nitrogen and oxygen atoms in total. The van der Waals surface area contributed by atoms with Crippen molar-refractivity contribution in [2.45, 2.75) is 141 Å². The highest BCUT2D eigenvalue weighted by Gasteiger charge is 2.66. The van der Waals surface area contributed by atoms with E-state index in [1.165, 1.54) is 51.4 Å². The lowest BCUT2D eigenvalue weighted by Gasteiger charge is -2.37. The standard InChI is InChI=1S/C15H20FNO5.C14H20FN3O4.C10H14FN3O5/c1-5-15(16)9(2)14(4,21-10(3)18)13(22-15)17-7-6-11(19)8-12(17)20;1-5-14(15)8(2)13(4,21-9(3)19)11(22-14)18-7-6-10(16)17-12(18)20;1-9(18)6(16)10(11,4-15)19-7(9)14-3-2-5(12)13-8(14)17/h6-7,9,13H,5,8H2,1-4H3;6-8,11H,5H2,1-4H3,(H2,16,17,20);2-3,6-7,15-16,18H,4H2,1H3,(H2,12,13,17)/t9-,13+,14+,15+;8-,11+,13+,14+;6-,7+,9+,10+/m000/s1. The zero-order valence-corrected chi connectivity index (χ0v) is 36.1. The molecule has 4 aliphatic heterocycles. The van der Waals surface area contributed by atoms with E-state index >= 15 is 0 Å². The van der Waals surface area contributed by atoms with Crippen LogP contribution in [0, 0.1) is 11.8 Å². The number of nitrogen functional groups attached to an aromatic ring is 2. The molecule has 0 aromatic carbocycles. The number of anilines is 2. The molecule has 0 radical (unpaired) electrons. The Hall–Kier alpha value is -5.27. The summed E-state index contributed by atoms with van der Waals surface area (Å²) in [6.07, 6.45) is -1.03. The molecule has 4 aliphatic rings. The number of hydrogen-bond donors (Lipinski definition) is 5. The van der Waals surface area contributed by atoms with E-state index in [1.54, 1.807) is 34.6 Å². The predicted octanol–water partition coefficient (Wildman–Crippen LogP) is 1.20. The minimum absolute atomic E-state index is 0.0449. The zero-order chi connectivity index (χ0) is 47.8. The average Bonchev–Trinajstić information content (AvgIpc) is 3.60. The number of rotatable bonds is 8. The third kappa shape index (κ3) is 9.50. The van der Waals surface area contributed by atoms with Gasteiger partial charge in [0.2, 0.25) is 17.6 Å². The van der Waals surface area contributed by atoms with E-state index in [0.29, 0.717) is 0 Å². The Balaban J connectivity index is 0.000000208. The number of ether oxygens (including phenoxy) is 5. The number of nitrogens with zero attached hydrogens (tertiary/aromatic N) is 5. The number of allylic oxidation sites excluding steroid dienone is 1. The number of amides is 1. The van der Waals surface area contributed by atoms with Crippen LogP contribution < -0.4 is 22.8 Å². The smallest absolute Gasteiger partial charge is 0.351 e. The first kappa shape index (κ1) is 50.4. The summed E-state index contributed by atoms with van der Waals surface area (Å²) in [5.74, 6) is -10.5. The van der Waals surface area contributed by atoms with Crippen LogP contribution in [0.1, 0.15) is 94.0 Å². The molecule has 3 fully saturated rings. The minimum Gasteiger partial charge on any atom is -0.454 e. The number of carbonyl (C=O) groups excluding carboxylic acids is 4. The highest BCUT2D eigenvalue weighted by molar-refractivity contribution is 6.06. The summed E-state index contributed by atoms with van der Waals surface area (Å²) in [5.41, 5.74) is 4.37. The van der Waals surface area contributed by atoms with Crippen molar-refractivity contribution in [2.75, 3.05) is 18.1 Å². The maximum absolute atomic E-state index is 15.0. The molecule has 7 N–H and O–H groups in total. The van der Waals surface area contributed by atoms with Crippen molar-refractivity contribution in [1.82, 2.24) is 24.0 Å². The van der Waals surface area contributed by atoms with Gasteiger partial charge < -0.3 is 50.5 Å². The largest absolute Gasteiger partial charge is 0.454 e. The maximum atomic E-state index is 15.0. The van der Waals surface area contributed by atoms with Crippen LogP contribution in [0.2, 0.25) is 0 Å². The van der Waals surface area contributed by atoms with Gasteiger partial charge in [0.1, 0.15) is 29.9 Å². The summed E-state index contributed by atoms with van der Waals surface area (Å²) >= 11 is 0. The lowest BCUT2D eigenvalue weighted by Crippen LogP contribution is -2.54. The molecule has 2 aromatic rings. The third-order valence-electron chi connectivity index (χ3n) is 11.8. The lowest BCUT2D eigenvalue weighted by atomic mass is 9.84. The first-order valence-electron chi connectivity index (χ1n) is 19.7. The van der Waals surface area contributed by atoms with Gasteiger partial charge in [-0.3, -0.25) is 33.2 Å². The maximum Gasteiger partial charge on any atom is 0.351 e. The van der Waals surface area contributed by atoms with Crippen LogP contribution >= 0.6 is 0 Å². The van der Waals surface area contributed by atoms with E-state index < -0.39 is 107 Å². The van der Waals surface area contributed by atoms with E-state index in [4.69, 9.17) is 40.3 Å². The molecule has 0 spiro atoms. The lowest BCUT2D eigenvalue weighted by molar-refractivity contribution is -0.207. The average molecular weight is 902 g/mol. The van der Waals surface area contributed by atoms with Crippen LogP contribution in [0.15, 0.2) is 46.4 Å². The Labute approximate surface area is 358 Å². The second kappa shape index (κ2) is 18.1. The number of carbonyl (C=O) groups is 4. The Bertz CT molecular complexity index is 2230. The molecule has 350 valence electrons. The molecule has 1 amide bonds. The van der Waals surface area contributed by atoms with Gasteiger partial charge in [-0.2, -0.15) is 9.97 Å². The highest BCUT2D eigenvalue weighted by atomic mass is 19.2. The number of nitrogens with two attached hydrogens (primary N) is 2. The van der Waals surface area contributed by atoms with Gasteiger partial charge in [0.15, 0.2) is 35.7 Å². The number of aromatic nitrogens is 4. The van der Waals surface area contributed by atoms with Gasteiger partial charge in [-0.05, 0) is 39.0 Å². The van der Waals surface area contributed by atoms with Crippen molar-refractivity contribution in [1.29, 1.82) is 0 Å². The topological polar surface area (TPSA) is 300 Å². The number of aliphatic hydroxyl groups is 3. The van der Waals surface area contributed by atoms with Crippen molar-refractivity contribution in [3.63, 3.8) is 0 Å². The Morgan fingerprint density at radius 3 is 1.59 bits per heavy atom. The summed E-state index contributed by atoms with van der Waals surface area (Å²) < 4.78 is 72.2. The van der Waals surface area contributed by atoms with Gasteiger partial charge >= 0.3 is 23.3 Å². The van der Waals surface area contributed by atoms with Gasteiger partial charge in [-0.15, -0.1) is 0 Å². The molecule has 12 atom stereocenters. The first-order valence-corrected chi connectivity index (χ1v) is 19.7. The molecule has 0 bridgehead atoms. The summed E-state index contributed by atoms with van der Waals surface area (Å²) in [7, 11) is 0. The fraction of sp³-hybridized carbons (Fsp3) is 0.641. The normalized spacial score (nSPS) is 37.2. The molecule has 0 unspecified atom stereocenters. The fourth-order valence-corrected chi connectivity index (χ4v) is 7.80. The van der Waals surface area contributed by atoms with Crippen LogP contribution in [0.25, 0.3) is 0 Å². The number of esters is 2. The molecule has 24 heteroatoms. The summed E-state index contributed by atoms with van der Waals surface area (Å²) in [6.45, 7) is 11.8. The SMILES string of the molecule is CC[C@@]1(F)O[C@@H](N2C=CC(=O)CC2=O)[C@](C)(OC(C)=O)[C@@H]1C.CC[C@@]1(F)O[C@@H](n2ccc(N)nc2=O)[C@](C)(OC(C)=O)[C@@H]1C.C[C@]1(O)[C@H](n2ccc(N)nc2=O)O[C@](F)(CO)[C@H]1O. The summed E-state index contributed by atoms with van der Waals surface area (Å²) in [5, 5.41) is 28.7. The van der Waals surface area contributed by atoms with Crippen LogP contribution in [0.4, 0.5) is 24.8 Å². The molecule has 0 aliphatic carbocycles. The van der Waals surface area contributed by atoms with Crippen molar-refractivity contribution in [3.8, 4) is 0 Å². The van der Waals surface area contributed by atoms with E-state index in [1.807, 2.05) is 0 Å². The Morgan fingerprint density at radius 1 is 0.794 bits per heavy atom. The van der Waals surface area contributed by atoms with Crippen LogP contribution in [0.3, 0.4) is 0 Å². The molecular formula is C39H54F3N7O14. The number of alkyl halides is 3. The minimum atomic E-state index is -2.87.